The SMILES string of the molecule is CCC(CC)NC(=O)Nc1ccc(Oc2ccc(N)cc2C(F)(F)F)cc1. The van der Waals surface area contributed by atoms with Gasteiger partial charge in [0.15, 0.2) is 0 Å². The van der Waals surface area contributed by atoms with Crippen LogP contribution < -0.4 is 21.1 Å². The van der Waals surface area contributed by atoms with Crippen LogP contribution in [0.3, 0.4) is 0 Å². The minimum Gasteiger partial charge on any atom is -0.457 e. The summed E-state index contributed by atoms with van der Waals surface area (Å²) in [6, 6.07) is 9.13. The number of rotatable bonds is 6. The standard InChI is InChI=1S/C19H22F3N3O2/c1-3-13(4-2)24-18(26)25-14-6-8-15(9-7-14)27-17-10-5-12(23)11-16(17)19(20,21)22/h5-11,13H,3-4,23H2,1-2H3,(H2,24,25,26). The van der Waals surface area contributed by atoms with Crippen molar-refractivity contribution in [2.75, 3.05) is 11.1 Å². The Bertz CT molecular complexity index is 773. The molecule has 0 bridgehead atoms. The van der Waals surface area contributed by atoms with E-state index in [0.29, 0.717) is 5.69 Å². The number of alkyl halides is 3. The molecule has 0 aliphatic rings. The van der Waals surface area contributed by atoms with Gasteiger partial charge in [0.1, 0.15) is 17.1 Å². The molecule has 4 N–H and O–H groups in total. The van der Waals surface area contributed by atoms with Crippen LogP contribution in [0.15, 0.2) is 42.5 Å². The molecular formula is C19H22F3N3O2. The summed E-state index contributed by atoms with van der Waals surface area (Å²) >= 11 is 0. The first-order chi connectivity index (χ1) is 12.7. The number of halogens is 3. The number of nitrogens with one attached hydrogen (secondary N) is 2. The molecule has 0 spiro atoms. The molecule has 8 heteroatoms. The van der Waals surface area contributed by atoms with Gasteiger partial charge in [-0.3, -0.25) is 0 Å². The Hall–Kier alpha value is -2.90. The van der Waals surface area contributed by atoms with Crippen molar-refractivity contribution >= 4 is 17.4 Å². The zero-order valence-corrected chi connectivity index (χ0v) is 15.1. The summed E-state index contributed by atoms with van der Waals surface area (Å²) in [7, 11) is 0. The molecule has 0 saturated heterocycles. The number of hydrogen-bond donors (Lipinski definition) is 3. The van der Waals surface area contributed by atoms with Crippen LogP contribution in [0, 0.1) is 0 Å². The van der Waals surface area contributed by atoms with E-state index >= 15 is 0 Å². The largest absolute Gasteiger partial charge is 0.457 e. The van der Waals surface area contributed by atoms with Crippen molar-refractivity contribution in [3.63, 3.8) is 0 Å². The molecule has 0 saturated carbocycles. The highest BCUT2D eigenvalue weighted by molar-refractivity contribution is 5.89. The minimum atomic E-state index is -4.58. The predicted octanol–water partition coefficient (Wildman–Crippen LogP) is 5.39. The van der Waals surface area contributed by atoms with E-state index in [2.05, 4.69) is 10.6 Å². The van der Waals surface area contributed by atoms with Crippen LogP contribution in [-0.2, 0) is 6.18 Å². The number of nitrogen functional groups attached to an aromatic ring is 1. The Labute approximate surface area is 155 Å². The van der Waals surface area contributed by atoms with Crippen molar-refractivity contribution in [2.24, 2.45) is 0 Å². The number of benzene rings is 2. The van der Waals surface area contributed by atoms with Crippen molar-refractivity contribution in [3.05, 3.63) is 48.0 Å². The summed E-state index contributed by atoms with van der Waals surface area (Å²) in [5.74, 6) is -0.139. The lowest BCUT2D eigenvalue weighted by molar-refractivity contribution is -0.138. The molecule has 5 nitrogen and oxygen atoms in total. The van der Waals surface area contributed by atoms with Gasteiger partial charge in [-0.05, 0) is 55.3 Å². The summed E-state index contributed by atoms with van der Waals surface area (Å²) in [5.41, 5.74) is 4.98. The first kappa shape index (κ1) is 20.4. The maximum absolute atomic E-state index is 13.1. The van der Waals surface area contributed by atoms with Crippen LogP contribution >= 0.6 is 0 Å². The molecule has 2 amide bonds. The zero-order valence-electron chi connectivity index (χ0n) is 15.1. The van der Waals surface area contributed by atoms with Gasteiger partial charge in [0.05, 0.1) is 0 Å². The van der Waals surface area contributed by atoms with Crippen molar-refractivity contribution in [1.82, 2.24) is 5.32 Å². The fourth-order valence-corrected chi connectivity index (χ4v) is 2.44. The van der Waals surface area contributed by atoms with E-state index in [-0.39, 0.29) is 29.3 Å². The normalized spacial score (nSPS) is 11.3. The summed E-state index contributed by atoms with van der Waals surface area (Å²) in [6.45, 7) is 3.96. The van der Waals surface area contributed by atoms with E-state index in [9.17, 15) is 18.0 Å². The molecule has 27 heavy (non-hydrogen) atoms. The number of amides is 2. The van der Waals surface area contributed by atoms with Crippen molar-refractivity contribution in [2.45, 2.75) is 38.9 Å². The van der Waals surface area contributed by atoms with Crippen LogP contribution in [0.1, 0.15) is 32.3 Å². The van der Waals surface area contributed by atoms with Crippen molar-refractivity contribution < 1.29 is 22.7 Å². The average molecular weight is 381 g/mol. The van der Waals surface area contributed by atoms with E-state index in [1.165, 1.54) is 24.3 Å². The second-order valence-corrected chi connectivity index (χ2v) is 5.99. The first-order valence-corrected chi connectivity index (χ1v) is 8.55. The Balaban J connectivity index is 2.07. The number of hydrogen-bond acceptors (Lipinski definition) is 3. The molecule has 2 rings (SSSR count). The van der Waals surface area contributed by atoms with Gasteiger partial charge < -0.3 is 21.1 Å². The molecular weight excluding hydrogens is 359 g/mol. The number of carbonyl (C=O) groups is 1. The van der Waals surface area contributed by atoms with E-state index in [4.69, 9.17) is 10.5 Å². The molecule has 0 fully saturated rings. The molecule has 0 aromatic heterocycles. The van der Waals surface area contributed by atoms with E-state index in [1.807, 2.05) is 13.8 Å². The van der Waals surface area contributed by atoms with Gasteiger partial charge in [0, 0.05) is 17.4 Å². The van der Waals surface area contributed by atoms with Gasteiger partial charge in [0.25, 0.3) is 0 Å². The van der Waals surface area contributed by atoms with Crippen LogP contribution in [0.25, 0.3) is 0 Å². The lowest BCUT2D eigenvalue weighted by atomic mass is 10.1. The highest BCUT2D eigenvalue weighted by Crippen LogP contribution is 2.39. The molecule has 0 aliphatic heterocycles. The van der Waals surface area contributed by atoms with E-state index in [0.717, 1.165) is 18.9 Å². The highest BCUT2D eigenvalue weighted by Gasteiger charge is 2.34. The minimum absolute atomic E-state index is 0.00213. The van der Waals surface area contributed by atoms with Crippen LogP contribution in [0.5, 0.6) is 11.5 Å². The molecule has 0 aliphatic carbocycles. The van der Waals surface area contributed by atoms with Crippen molar-refractivity contribution in [3.8, 4) is 11.5 Å². The van der Waals surface area contributed by atoms with Gasteiger partial charge in [-0.25, -0.2) is 4.79 Å². The van der Waals surface area contributed by atoms with Crippen LogP contribution in [0.4, 0.5) is 29.3 Å². The summed E-state index contributed by atoms with van der Waals surface area (Å²) in [6.07, 6.45) is -2.95. The van der Waals surface area contributed by atoms with Crippen LogP contribution in [-0.4, -0.2) is 12.1 Å². The summed E-state index contributed by atoms with van der Waals surface area (Å²) in [4.78, 5) is 11.9. The Morgan fingerprint density at radius 2 is 1.74 bits per heavy atom. The fraction of sp³-hybridized carbons (Fsp3) is 0.316. The topological polar surface area (TPSA) is 76.4 Å². The van der Waals surface area contributed by atoms with Gasteiger partial charge >= 0.3 is 12.2 Å². The average Bonchev–Trinajstić information content (AvgIpc) is 2.62. The first-order valence-electron chi connectivity index (χ1n) is 8.55. The quantitative estimate of drug-likeness (QED) is 0.587. The number of carbonyl (C=O) groups excluding carboxylic acids is 1. The second kappa shape index (κ2) is 8.66. The number of urea groups is 1. The number of ether oxygens (including phenoxy) is 1. The Morgan fingerprint density at radius 1 is 1.11 bits per heavy atom. The maximum atomic E-state index is 13.1. The molecule has 2 aromatic carbocycles. The van der Waals surface area contributed by atoms with Gasteiger partial charge in [-0.15, -0.1) is 0 Å². The molecule has 0 heterocycles. The number of nitrogens with two attached hydrogens (primary N) is 1. The Morgan fingerprint density at radius 3 is 2.30 bits per heavy atom. The van der Waals surface area contributed by atoms with Crippen LogP contribution in [0.2, 0.25) is 0 Å². The molecule has 146 valence electrons. The third kappa shape index (κ3) is 5.80. The lowest BCUT2D eigenvalue weighted by Gasteiger charge is -2.16. The zero-order chi connectivity index (χ0) is 20.0. The lowest BCUT2D eigenvalue weighted by Crippen LogP contribution is -2.37. The van der Waals surface area contributed by atoms with E-state index < -0.39 is 11.7 Å². The third-order valence-electron chi connectivity index (χ3n) is 3.97. The third-order valence-corrected chi connectivity index (χ3v) is 3.97. The maximum Gasteiger partial charge on any atom is 0.420 e. The number of anilines is 2. The smallest absolute Gasteiger partial charge is 0.420 e. The Kier molecular flexibility index (Phi) is 6.55. The van der Waals surface area contributed by atoms with E-state index in [1.54, 1.807) is 12.1 Å². The van der Waals surface area contributed by atoms with Gasteiger partial charge in [-0.1, -0.05) is 13.8 Å². The van der Waals surface area contributed by atoms with Gasteiger partial charge in [0.2, 0.25) is 0 Å². The fourth-order valence-electron chi connectivity index (χ4n) is 2.44. The predicted molar refractivity (Wildman–Crippen MR) is 98.9 cm³/mol. The monoisotopic (exact) mass is 381 g/mol. The highest BCUT2D eigenvalue weighted by atomic mass is 19.4. The molecule has 0 atom stereocenters. The second-order valence-electron chi connectivity index (χ2n) is 5.99. The summed E-state index contributed by atoms with van der Waals surface area (Å²) < 4.78 is 44.7. The molecule has 2 aromatic rings. The van der Waals surface area contributed by atoms with Crippen molar-refractivity contribution in [1.29, 1.82) is 0 Å². The molecule has 0 radical (unpaired) electrons. The summed E-state index contributed by atoms with van der Waals surface area (Å²) in [5, 5.41) is 5.50. The molecule has 0 unspecified atom stereocenters. The van der Waals surface area contributed by atoms with Gasteiger partial charge in [-0.2, -0.15) is 13.2 Å².